The van der Waals surface area contributed by atoms with E-state index in [-0.39, 0.29) is 0 Å². The third-order valence-electron chi connectivity index (χ3n) is 3.71. The third-order valence-corrected chi connectivity index (χ3v) is 3.71. The maximum atomic E-state index is 3.50. The summed E-state index contributed by atoms with van der Waals surface area (Å²) < 4.78 is 0. The molecule has 1 fully saturated rings. The van der Waals surface area contributed by atoms with E-state index >= 15 is 0 Å². The second-order valence-corrected chi connectivity index (χ2v) is 5.35. The highest BCUT2D eigenvalue weighted by Crippen LogP contribution is 2.24. The summed E-state index contributed by atoms with van der Waals surface area (Å²) in [6.45, 7) is 7.94. The number of nitrogens with one attached hydrogen (secondary N) is 1. The summed E-state index contributed by atoms with van der Waals surface area (Å²) in [4.78, 5) is 2.59. The van der Waals surface area contributed by atoms with Crippen molar-refractivity contribution < 1.29 is 0 Å². The first kappa shape index (κ1) is 13.0. The van der Waals surface area contributed by atoms with Gasteiger partial charge >= 0.3 is 0 Å². The second-order valence-electron chi connectivity index (χ2n) is 5.35. The molecule has 1 N–H and O–H groups in total. The molecule has 0 aliphatic heterocycles. The van der Waals surface area contributed by atoms with Crippen molar-refractivity contribution in [2.24, 2.45) is 0 Å². The highest BCUT2D eigenvalue weighted by molar-refractivity contribution is 4.79. The Balaban J connectivity index is 2.17. The molecule has 1 unspecified atom stereocenters. The average Bonchev–Trinajstić information content (AvgIpc) is 2.68. The van der Waals surface area contributed by atoms with Gasteiger partial charge in [0, 0.05) is 18.1 Å². The van der Waals surface area contributed by atoms with E-state index in [4.69, 9.17) is 0 Å². The predicted octanol–water partition coefficient (Wildman–Crippen LogP) is 2.64. The quantitative estimate of drug-likeness (QED) is 0.728. The van der Waals surface area contributed by atoms with Gasteiger partial charge in [0.25, 0.3) is 0 Å². The Hall–Kier alpha value is -0.0800. The van der Waals surface area contributed by atoms with Gasteiger partial charge in [0.05, 0.1) is 0 Å². The molecular formula is C13H28N2. The van der Waals surface area contributed by atoms with Crippen molar-refractivity contribution in [3.05, 3.63) is 0 Å². The van der Waals surface area contributed by atoms with Crippen LogP contribution in [-0.2, 0) is 0 Å². The lowest BCUT2D eigenvalue weighted by Gasteiger charge is -2.30. The van der Waals surface area contributed by atoms with Crippen LogP contribution >= 0.6 is 0 Å². The molecule has 0 aromatic heterocycles. The van der Waals surface area contributed by atoms with Gasteiger partial charge in [-0.05, 0) is 39.8 Å². The Morgan fingerprint density at radius 2 is 1.80 bits per heavy atom. The first-order valence-electron chi connectivity index (χ1n) is 6.56. The van der Waals surface area contributed by atoms with E-state index in [1.165, 1.54) is 32.1 Å². The normalized spacial score (nSPS) is 20.4. The van der Waals surface area contributed by atoms with Gasteiger partial charge in [0.1, 0.15) is 0 Å². The van der Waals surface area contributed by atoms with Crippen LogP contribution in [0.25, 0.3) is 0 Å². The molecule has 0 amide bonds. The molecule has 1 aliphatic carbocycles. The summed E-state index contributed by atoms with van der Waals surface area (Å²) in [5.74, 6) is 0. The van der Waals surface area contributed by atoms with Crippen LogP contribution in [0.2, 0.25) is 0 Å². The molecule has 2 nitrogen and oxygen atoms in total. The minimum atomic E-state index is 0.619. The lowest BCUT2D eigenvalue weighted by molar-refractivity contribution is 0.177. The Bertz CT molecular complexity index is 162. The largest absolute Gasteiger partial charge is 0.314 e. The molecule has 2 heteroatoms. The van der Waals surface area contributed by atoms with E-state index in [0.29, 0.717) is 6.04 Å². The summed E-state index contributed by atoms with van der Waals surface area (Å²) in [5, 5.41) is 3.50. The molecule has 1 rings (SSSR count). The predicted molar refractivity (Wildman–Crippen MR) is 67.2 cm³/mol. The minimum Gasteiger partial charge on any atom is -0.314 e. The van der Waals surface area contributed by atoms with Gasteiger partial charge in [-0.15, -0.1) is 0 Å². The average molecular weight is 212 g/mol. The van der Waals surface area contributed by atoms with Gasteiger partial charge in [-0.25, -0.2) is 0 Å². The topological polar surface area (TPSA) is 15.3 Å². The fourth-order valence-corrected chi connectivity index (χ4v) is 2.46. The molecular weight excluding hydrogens is 184 g/mol. The molecule has 0 bridgehead atoms. The summed E-state index contributed by atoms with van der Waals surface area (Å²) >= 11 is 0. The van der Waals surface area contributed by atoms with Crippen molar-refractivity contribution >= 4 is 0 Å². The number of nitrogens with zero attached hydrogens (tertiary/aromatic N) is 1. The van der Waals surface area contributed by atoms with Crippen LogP contribution < -0.4 is 5.32 Å². The first-order chi connectivity index (χ1) is 7.11. The molecule has 0 aromatic carbocycles. The van der Waals surface area contributed by atoms with Gasteiger partial charge in [0.2, 0.25) is 0 Å². The summed E-state index contributed by atoms with van der Waals surface area (Å²) in [6, 6.07) is 2.20. The molecule has 1 saturated carbocycles. The van der Waals surface area contributed by atoms with Crippen molar-refractivity contribution in [1.29, 1.82) is 0 Å². The van der Waals surface area contributed by atoms with E-state index < -0.39 is 0 Å². The molecule has 0 radical (unpaired) electrons. The van der Waals surface area contributed by atoms with Crippen LogP contribution in [0.15, 0.2) is 0 Å². The zero-order chi connectivity index (χ0) is 11.3. The van der Waals surface area contributed by atoms with Crippen molar-refractivity contribution in [2.75, 3.05) is 13.6 Å². The standard InChI is InChI=1S/C13H28N2/c1-11(2)14-10-9-12(3)15(4)13-7-5-6-8-13/h11-14H,5-10H2,1-4H3. The third kappa shape index (κ3) is 4.52. The minimum absolute atomic E-state index is 0.619. The van der Waals surface area contributed by atoms with Crippen molar-refractivity contribution in [2.45, 2.75) is 71.0 Å². The molecule has 0 aromatic rings. The monoisotopic (exact) mass is 212 g/mol. The van der Waals surface area contributed by atoms with Crippen LogP contribution in [0.5, 0.6) is 0 Å². The zero-order valence-electron chi connectivity index (χ0n) is 10.9. The zero-order valence-corrected chi connectivity index (χ0v) is 10.9. The molecule has 90 valence electrons. The van der Waals surface area contributed by atoms with E-state index in [1.807, 2.05) is 0 Å². The lowest BCUT2D eigenvalue weighted by Crippen LogP contribution is -2.39. The van der Waals surface area contributed by atoms with Gasteiger partial charge in [-0.1, -0.05) is 26.7 Å². The van der Waals surface area contributed by atoms with Crippen LogP contribution in [-0.4, -0.2) is 36.6 Å². The number of rotatable bonds is 6. The van der Waals surface area contributed by atoms with E-state index in [0.717, 1.165) is 18.6 Å². The maximum Gasteiger partial charge on any atom is 0.00950 e. The Labute approximate surface area is 95.4 Å². The van der Waals surface area contributed by atoms with E-state index in [1.54, 1.807) is 0 Å². The molecule has 0 spiro atoms. The fraction of sp³-hybridized carbons (Fsp3) is 1.00. The smallest absolute Gasteiger partial charge is 0.00950 e. The van der Waals surface area contributed by atoms with Crippen LogP contribution in [0.1, 0.15) is 52.9 Å². The van der Waals surface area contributed by atoms with Gasteiger partial charge in [-0.2, -0.15) is 0 Å². The summed E-state index contributed by atoms with van der Waals surface area (Å²) in [7, 11) is 2.30. The van der Waals surface area contributed by atoms with E-state index in [9.17, 15) is 0 Å². The second kappa shape index (κ2) is 6.49. The Kier molecular flexibility index (Phi) is 5.62. The van der Waals surface area contributed by atoms with Gasteiger partial charge in [0.15, 0.2) is 0 Å². The molecule has 1 atom stereocenters. The molecule has 0 heterocycles. The van der Waals surface area contributed by atoms with Crippen molar-refractivity contribution in [1.82, 2.24) is 10.2 Å². The fourth-order valence-electron chi connectivity index (χ4n) is 2.46. The van der Waals surface area contributed by atoms with Gasteiger partial charge < -0.3 is 10.2 Å². The lowest BCUT2D eigenvalue weighted by atomic mass is 10.1. The highest BCUT2D eigenvalue weighted by atomic mass is 15.2. The first-order valence-corrected chi connectivity index (χ1v) is 6.56. The Morgan fingerprint density at radius 1 is 1.20 bits per heavy atom. The summed E-state index contributed by atoms with van der Waals surface area (Å²) in [5.41, 5.74) is 0. The highest BCUT2D eigenvalue weighted by Gasteiger charge is 2.22. The Morgan fingerprint density at radius 3 is 2.33 bits per heavy atom. The SMILES string of the molecule is CC(C)NCCC(C)N(C)C1CCCC1. The number of hydrogen-bond acceptors (Lipinski definition) is 2. The maximum absolute atomic E-state index is 3.50. The van der Waals surface area contributed by atoms with Crippen LogP contribution in [0, 0.1) is 0 Å². The molecule has 0 saturated heterocycles. The van der Waals surface area contributed by atoms with Crippen molar-refractivity contribution in [3.63, 3.8) is 0 Å². The molecule has 15 heavy (non-hydrogen) atoms. The van der Waals surface area contributed by atoms with E-state index in [2.05, 4.69) is 38.0 Å². The molecule has 1 aliphatic rings. The van der Waals surface area contributed by atoms with Crippen LogP contribution in [0.4, 0.5) is 0 Å². The summed E-state index contributed by atoms with van der Waals surface area (Å²) in [6.07, 6.45) is 6.97. The number of hydrogen-bond donors (Lipinski definition) is 1. The van der Waals surface area contributed by atoms with Gasteiger partial charge in [-0.3, -0.25) is 0 Å². The van der Waals surface area contributed by atoms with Crippen molar-refractivity contribution in [3.8, 4) is 0 Å². The van der Waals surface area contributed by atoms with Crippen LogP contribution in [0.3, 0.4) is 0 Å².